The van der Waals surface area contributed by atoms with Crippen LogP contribution >= 0.6 is 0 Å². The molecule has 0 unspecified atom stereocenters. The van der Waals surface area contributed by atoms with Crippen molar-refractivity contribution in [3.8, 4) is 11.5 Å². The number of urea groups is 1. The minimum Gasteiger partial charge on any atom is -0.486 e. The van der Waals surface area contributed by atoms with E-state index in [1.807, 2.05) is 12.1 Å². The first-order valence-electron chi connectivity index (χ1n) is 16.4. The number of carbonyl (C=O) groups excluding carboxylic acids is 3. The molecule has 0 aliphatic carbocycles. The molecule has 5 rings (SSSR count). The highest BCUT2D eigenvalue weighted by Crippen LogP contribution is 2.33. The maximum Gasteiger partial charge on any atom is 0.412 e. The third kappa shape index (κ3) is 10.1. The van der Waals surface area contributed by atoms with Crippen LogP contribution in [-0.4, -0.2) is 84.0 Å². The number of nitrogens with one attached hydrogen (secondary N) is 3. The zero-order chi connectivity index (χ0) is 34.1. The quantitative estimate of drug-likeness (QED) is 0.210. The number of nitrogens with zero attached hydrogens (tertiary/aromatic N) is 2. The van der Waals surface area contributed by atoms with Crippen LogP contribution in [0.15, 0.2) is 66.7 Å². The Morgan fingerprint density at radius 1 is 0.896 bits per heavy atom. The van der Waals surface area contributed by atoms with Crippen LogP contribution < -0.4 is 25.4 Å². The molecule has 2 aliphatic heterocycles. The van der Waals surface area contributed by atoms with E-state index in [1.54, 1.807) is 80.3 Å². The van der Waals surface area contributed by atoms with Crippen molar-refractivity contribution in [2.24, 2.45) is 0 Å². The highest BCUT2D eigenvalue weighted by molar-refractivity contribution is 6.06. The van der Waals surface area contributed by atoms with Crippen molar-refractivity contribution in [1.82, 2.24) is 9.80 Å². The minimum atomic E-state index is -0.663. The summed E-state index contributed by atoms with van der Waals surface area (Å²) in [6.07, 6.45) is 1.44. The van der Waals surface area contributed by atoms with Gasteiger partial charge in [-0.05, 0) is 88.5 Å². The Balaban J connectivity index is 1.23. The smallest absolute Gasteiger partial charge is 0.412 e. The number of anilines is 3. The number of aliphatic hydroxyl groups excluding tert-OH is 1. The molecule has 1 saturated heterocycles. The first kappa shape index (κ1) is 34.5. The molecule has 12 nitrogen and oxygen atoms in total. The molecule has 1 fully saturated rings. The molecule has 0 atom stereocenters. The number of hydrogen-bond acceptors (Lipinski definition) is 8. The van der Waals surface area contributed by atoms with Gasteiger partial charge in [0.05, 0.1) is 17.5 Å². The van der Waals surface area contributed by atoms with E-state index in [1.165, 1.54) is 0 Å². The molecule has 4 N–H and O–H groups in total. The summed E-state index contributed by atoms with van der Waals surface area (Å²) in [4.78, 5) is 43.1. The van der Waals surface area contributed by atoms with Gasteiger partial charge < -0.3 is 39.8 Å². The average Bonchev–Trinajstić information content (AvgIpc) is 3.05. The van der Waals surface area contributed by atoms with E-state index in [2.05, 4.69) is 20.9 Å². The Bertz CT molecular complexity index is 1570. The predicted octanol–water partition coefficient (Wildman–Crippen LogP) is 5.94. The van der Waals surface area contributed by atoms with E-state index in [0.717, 1.165) is 44.5 Å². The van der Waals surface area contributed by atoms with E-state index in [4.69, 9.17) is 14.2 Å². The molecule has 0 spiro atoms. The topological polar surface area (TPSA) is 142 Å². The molecule has 256 valence electrons. The van der Waals surface area contributed by atoms with Crippen LogP contribution in [0.25, 0.3) is 0 Å². The number of benzene rings is 3. The van der Waals surface area contributed by atoms with Gasteiger partial charge in [0.15, 0.2) is 11.5 Å². The molecule has 48 heavy (non-hydrogen) atoms. The van der Waals surface area contributed by atoms with Crippen molar-refractivity contribution in [3.63, 3.8) is 0 Å². The SMILES string of the molecule is CC(C)(C)OC(=O)Nc1ccccc1NC(=O)c1ccc(CN(CCCN2CCC(O)CC2)C(=O)Nc2ccc3c(c2)OCCO3)cc1. The molecule has 2 heterocycles. The number of piperidine rings is 1. The molecule has 0 radical (unpaired) electrons. The van der Waals surface area contributed by atoms with Crippen LogP contribution in [0, 0.1) is 0 Å². The van der Waals surface area contributed by atoms with Gasteiger partial charge in [0, 0.05) is 43.5 Å². The van der Waals surface area contributed by atoms with Gasteiger partial charge in [-0.3, -0.25) is 10.1 Å². The van der Waals surface area contributed by atoms with Gasteiger partial charge in [0.25, 0.3) is 5.91 Å². The molecular weight excluding hydrogens is 614 g/mol. The lowest BCUT2D eigenvalue weighted by Gasteiger charge is -2.30. The van der Waals surface area contributed by atoms with Crippen molar-refractivity contribution in [2.45, 2.75) is 58.3 Å². The summed E-state index contributed by atoms with van der Waals surface area (Å²) in [5.41, 5.74) is 2.07. The summed E-state index contributed by atoms with van der Waals surface area (Å²) in [6.45, 7) is 9.62. The summed E-state index contributed by atoms with van der Waals surface area (Å²) in [5, 5.41) is 18.4. The van der Waals surface area contributed by atoms with E-state index < -0.39 is 11.7 Å². The van der Waals surface area contributed by atoms with Gasteiger partial charge in [-0.15, -0.1) is 0 Å². The summed E-state index contributed by atoms with van der Waals surface area (Å²) in [7, 11) is 0. The normalized spacial score (nSPS) is 14.9. The van der Waals surface area contributed by atoms with E-state index in [9.17, 15) is 19.5 Å². The van der Waals surface area contributed by atoms with Crippen LogP contribution in [0.2, 0.25) is 0 Å². The van der Waals surface area contributed by atoms with Crippen LogP contribution in [0.3, 0.4) is 0 Å². The van der Waals surface area contributed by atoms with Gasteiger partial charge in [0.1, 0.15) is 18.8 Å². The number of amides is 4. The molecular formula is C36H45N5O7. The highest BCUT2D eigenvalue weighted by Gasteiger charge is 2.21. The lowest BCUT2D eigenvalue weighted by molar-refractivity contribution is 0.0635. The summed E-state index contributed by atoms with van der Waals surface area (Å²) >= 11 is 0. The molecule has 12 heteroatoms. The second kappa shape index (κ2) is 15.9. The van der Waals surface area contributed by atoms with Crippen molar-refractivity contribution in [1.29, 1.82) is 0 Å². The summed E-state index contributed by atoms with van der Waals surface area (Å²) in [5.74, 6) is 0.893. The predicted molar refractivity (Wildman–Crippen MR) is 184 cm³/mol. The van der Waals surface area contributed by atoms with Crippen molar-refractivity contribution < 1.29 is 33.7 Å². The molecule has 2 aliphatic rings. The van der Waals surface area contributed by atoms with Crippen LogP contribution in [-0.2, 0) is 11.3 Å². The number of carbonyl (C=O) groups is 3. The largest absolute Gasteiger partial charge is 0.486 e. The molecule has 0 bridgehead atoms. The second-order valence-electron chi connectivity index (χ2n) is 13.0. The first-order chi connectivity index (χ1) is 23.0. The average molecular weight is 660 g/mol. The first-order valence-corrected chi connectivity index (χ1v) is 16.4. The van der Waals surface area contributed by atoms with E-state index >= 15 is 0 Å². The second-order valence-corrected chi connectivity index (χ2v) is 13.0. The zero-order valence-electron chi connectivity index (χ0n) is 27.8. The van der Waals surface area contributed by atoms with Gasteiger partial charge in [-0.25, -0.2) is 9.59 Å². The number of fused-ring (bicyclic) bond motifs is 1. The Kier molecular flexibility index (Phi) is 11.4. The highest BCUT2D eigenvalue weighted by atomic mass is 16.6. The standard InChI is InChI=1S/C36H45N5O7/c1-36(2,3)48-35(45)39-30-8-5-4-7-29(30)38-33(43)26-11-9-25(10-12-26)24-41(18-6-17-40-19-15-28(42)16-20-40)34(44)37-27-13-14-31-32(23-27)47-22-21-46-31/h4-5,7-14,23,28,42H,6,15-22,24H2,1-3H3,(H,37,44)(H,38,43)(H,39,45). The number of ether oxygens (including phenoxy) is 3. The van der Waals surface area contributed by atoms with Gasteiger partial charge in [-0.1, -0.05) is 24.3 Å². The molecule has 4 amide bonds. The van der Waals surface area contributed by atoms with Crippen molar-refractivity contribution in [2.75, 3.05) is 55.3 Å². The summed E-state index contributed by atoms with van der Waals surface area (Å²) < 4.78 is 16.6. The molecule has 0 aromatic heterocycles. The molecule has 3 aromatic rings. The monoisotopic (exact) mass is 659 g/mol. The fraction of sp³-hybridized carbons (Fsp3) is 0.417. The zero-order valence-corrected chi connectivity index (χ0v) is 27.8. The van der Waals surface area contributed by atoms with Crippen molar-refractivity contribution >= 4 is 35.1 Å². The maximum atomic E-state index is 13.6. The van der Waals surface area contributed by atoms with Crippen LogP contribution in [0.5, 0.6) is 11.5 Å². The Labute approximate surface area is 281 Å². The molecule has 0 saturated carbocycles. The van der Waals surface area contributed by atoms with Crippen molar-refractivity contribution in [3.05, 3.63) is 77.9 Å². The third-order valence-electron chi connectivity index (χ3n) is 7.94. The van der Waals surface area contributed by atoms with Gasteiger partial charge in [-0.2, -0.15) is 0 Å². The summed E-state index contributed by atoms with van der Waals surface area (Å²) in [6, 6.07) is 19.1. The van der Waals surface area contributed by atoms with E-state index in [-0.39, 0.29) is 18.0 Å². The number of hydrogen-bond donors (Lipinski definition) is 4. The fourth-order valence-corrected chi connectivity index (χ4v) is 5.50. The third-order valence-corrected chi connectivity index (χ3v) is 7.94. The lowest BCUT2D eigenvalue weighted by atomic mass is 10.1. The van der Waals surface area contributed by atoms with Gasteiger partial charge in [0.2, 0.25) is 0 Å². The molecule has 3 aromatic carbocycles. The van der Waals surface area contributed by atoms with Gasteiger partial charge >= 0.3 is 12.1 Å². The van der Waals surface area contributed by atoms with E-state index in [0.29, 0.717) is 60.4 Å². The number of rotatable bonds is 10. The lowest BCUT2D eigenvalue weighted by Crippen LogP contribution is -2.39. The Morgan fingerprint density at radius 3 is 2.25 bits per heavy atom. The number of aliphatic hydroxyl groups is 1. The number of likely N-dealkylation sites (tertiary alicyclic amines) is 1. The minimum absolute atomic E-state index is 0.233. The Morgan fingerprint density at radius 2 is 1.56 bits per heavy atom. The fourth-order valence-electron chi connectivity index (χ4n) is 5.50. The Hall–Kier alpha value is -4.81. The van der Waals surface area contributed by atoms with Crippen LogP contribution in [0.4, 0.5) is 26.7 Å². The van der Waals surface area contributed by atoms with Crippen LogP contribution in [0.1, 0.15) is 56.0 Å². The maximum absolute atomic E-state index is 13.6. The number of para-hydroxylation sites is 2.